The number of nitrogen functional groups attached to an aromatic ring is 1. The Morgan fingerprint density at radius 1 is 1.26 bits per heavy atom. The van der Waals surface area contributed by atoms with Crippen molar-refractivity contribution in [3.05, 3.63) is 23.8 Å². The summed E-state index contributed by atoms with van der Waals surface area (Å²) in [5, 5.41) is 0. The average molecular weight is 263 g/mol. The third-order valence-corrected chi connectivity index (χ3v) is 3.30. The second-order valence-corrected chi connectivity index (χ2v) is 4.89. The van der Waals surface area contributed by atoms with Crippen molar-refractivity contribution in [2.24, 2.45) is 0 Å². The zero-order chi connectivity index (χ0) is 13.7. The maximum Gasteiger partial charge on any atom is 0.338 e. The number of anilines is 1. The molecule has 0 radical (unpaired) electrons. The van der Waals surface area contributed by atoms with Crippen LogP contribution in [0, 0.1) is 0 Å². The molecule has 19 heavy (non-hydrogen) atoms. The van der Waals surface area contributed by atoms with E-state index in [1.807, 2.05) is 6.92 Å². The summed E-state index contributed by atoms with van der Waals surface area (Å²) in [4.78, 5) is 12.1. The lowest BCUT2D eigenvalue weighted by molar-refractivity contribution is 0.0211. The fourth-order valence-corrected chi connectivity index (χ4v) is 2.39. The predicted molar refractivity (Wildman–Crippen MR) is 74.3 cm³/mol. The molecule has 1 aliphatic carbocycles. The second-order valence-electron chi connectivity index (χ2n) is 4.89. The number of carbonyl (C=O) groups excluding carboxylic acids is 1. The number of rotatable bonds is 4. The Morgan fingerprint density at radius 3 is 2.68 bits per heavy atom. The first-order valence-corrected chi connectivity index (χ1v) is 6.93. The smallest absolute Gasteiger partial charge is 0.338 e. The van der Waals surface area contributed by atoms with Gasteiger partial charge in [0, 0.05) is 11.8 Å². The Labute approximate surface area is 113 Å². The standard InChI is InChI=1S/C15H21NO3/c1-2-18-14-9-11(8-12(16)10-14)15(17)19-13-6-4-3-5-7-13/h8-10,13H,2-7,16H2,1H3. The molecule has 1 aromatic rings. The molecule has 0 spiro atoms. The van der Waals surface area contributed by atoms with Crippen LogP contribution in [-0.4, -0.2) is 18.7 Å². The lowest BCUT2D eigenvalue weighted by Crippen LogP contribution is -2.21. The van der Waals surface area contributed by atoms with Crippen LogP contribution in [-0.2, 0) is 4.74 Å². The van der Waals surface area contributed by atoms with Crippen LogP contribution in [0.4, 0.5) is 5.69 Å². The van der Waals surface area contributed by atoms with E-state index >= 15 is 0 Å². The maximum atomic E-state index is 12.1. The average Bonchev–Trinajstić information content (AvgIpc) is 2.39. The fourth-order valence-electron chi connectivity index (χ4n) is 2.39. The SMILES string of the molecule is CCOc1cc(N)cc(C(=O)OC2CCCCC2)c1. The molecule has 0 bridgehead atoms. The van der Waals surface area contributed by atoms with Gasteiger partial charge in [0.05, 0.1) is 12.2 Å². The molecule has 0 saturated heterocycles. The number of hydrogen-bond donors (Lipinski definition) is 1. The number of hydrogen-bond acceptors (Lipinski definition) is 4. The van der Waals surface area contributed by atoms with Gasteiger partial charge in [0.25, 0.3) is 0 Å². The summed E-state index contributed by atoms with van der Waals surface area (Å²) in [6.45, 7) is 2.43. The molecule has 1 aromatic carbocycles. The molecule has 104 valence electrons. The van der Waals surface area contributed by atoms with Crippen LogP contribution < -0.4 is 10.5 Å². The van der Waals surface area contributed by atoms with E-state index in [0.717, 1.165) is 25.7 Å². The second kappa shape index (κ2) is 6.45. The fraction of sp³-hybridized carbons (Fsp3) is 0.533. The molecule has 0 atom stereocenters. The maximum absolute atomic E-state index is 12.1. The van der Waals surface area contributed by atoms with Crippen molar-refractivity contribution in [1.29, 1.82) is 0 Å². The Hall–Kier alpha value is -1.71. The molecule has 2 N–H and O–H groups in total. The van der Waals surface area contributed by atoms with Gasteiger partial charge in [-0.2, -0.15) is 0 Å². The highest BCUT2D eigenvalue weighted by Gasteiger charge is 2.19. The molecular weight excluding hydrogens is 242 g/mol. The van der Waals surface area contributed by atoms with Gasteiger partial charge in [-0.15, -0.1) is 0 Å². The Morgan fingerprint density at radius 2 is 2.00 bits per heavy atom. The molecule has 0 heterocycles. The Bertz CT molecular complexity index is 439. The Balaban J connectivity index is 2.05. The number of ether oxygens (including phenoxy) is 2. The zero-order valence-corrected chi connectivity index (χ0v) is 11.4. The number of carbonyl (C=O) groups is 1. The van der Waals surface area contributed by atoms with Crippen molar-refractivity contribution in [2.75, 3.05) is 12.3 Å². The molecule has 2 rings (SSSR count). The molecular formula is C15H21NO3. The zero-order valence-electron chi connectivity index (χ0n) is 11.4. The summed E-state index contributed by atoms with van der Waals surface area (Å²) in [6, 6.07) is 5.03. The largest absolute Gasteiger partial charge is 0.494 e. The monoisotopic (exact) mass is 263 g/mol. The summed E-state index contributed by atoms with van der Waals surface area (Å²) in [5.74, 6) is 0.304. The minimum absolute atomic E-state index is 0.0539. The van der Waals surface area contributed by atoms with Crippen LogP contribution in [0.2, 0.25) is 0 Å². The normalized spacial score (nSPS) is 16.1. The first-order chi connectivity index (χ1) is 9.19. The van der Waals surface area contributed by atoms with Gasteiger partial charge in [0.1, 0.15) is 11.9 Å². The van der Waals surface area contributed by atoms with E-state index in [0.29, 0.717) is 23.6 Å². The van der Waals surface area contributed by atoms with Crippen LogP contribution in [0.25, 0.3) is 0 Å². The van der Waals surface area contributed by atoms with Gasteiger partial charge in [0.15, 0.2) is 0 Å². The van der Waals surface area contributed by atoms with Crippen molar-refractivity contribution in [1.82, 2.24) is 0 Å². The minimum atomic E-state index is -0.305. The van der Waals surface area contributed by atoms with E-state index in [9.17, 15) is 4.79 Å². The van der Waals surface area contributed by atoms with Crippen LogP contribution in [0.15, 0.2) is 18.2 Å². The van der Waals surface area contributed by atoms with Gasteiger partial charge < -0.3 is 15.2 Å². The van der Waals surface area contributed by atoms with Crippen LogP contribution in [0.3, 0.4) is 0 Å². The Kier molecular flexibility index (Phi) is 4.66. The number of nitrogens with two attached hydrogens (primary N) is 1. The van der Waals surface area contributed by atoms with Crippen LogP contribution >= 0.6 is 0 Å². The third-order valence-electron chi connectivity index (χ3n) is 3.30. The van der Waals surface area contributed by atoms with Crippen LogP contribution in [0.1, 0.15) is 49.4 Å². The van der Waals surface area contributed by atoms with Crippen molar-refractivity contribution in [3.63, 3.8) is 0 Å². The molecule has 0 amide bonds. The molecule has 1 fully saturated rings. The third kappa shape index (κ3) is 3.88. The van der Waals surface area contributed by atoms with Gasteiger partial charge >= 0.3 is 5.97 Å². The molecule has 0 aliphatic heterocycles. The molecule has 0 unspecified atom stereocenters. The highest BCUT2D eigenvalue weighted by Crippen LogP contribution is 2.24. The van der Waals surface area contributed by atoms with Gasteiger partial charge in [-0.05, 0) is 44.7 Å². The minimum Gasteiger partial charge on any atom is -0.494 e. The molecule has 1 saturated carbocycles. The van der Waals surface area contributed by atoms with E-state index in [1.54, 1.807) is 18.2 Å². The number of esters is 1. The predicted octanol–water partition coefficient (Wildman–Crippen LogP) is 3.16. The van der Waals surface area contributed by atoms with E-state index in [4.69, 9.17) is 15.2 Å². The van der Waals surface area contributed by atoms with Crippen molar-refractivity contribution in [3.8, 4) is 5.75 Å². The highest BCUT2D eigenvalue weighted by atomic mass is 16.5. The quantitative estimate of drug-likeness (QED) is 0.669. The summed E-state index contributed by atoms with van der Waals surface area (Å²) >= 11 is 0. The molecule has 0 aromatic heterocycles. The lowest BCUT2D eigenvalue weighted by atomic mass is 9.98. The topological polar surface area (TPSA) is 61.5 Å². The van der Waals surface area contributed by atoms with Gasteiger partial charge in [-0.3, -0.25) is 0 Å². The van der Waals surface area contributed by atoms with Gasteiger partial charge in [-0.1, -0.05) is 6.42 Å². The van der Waals surface area contributed by atoms with E-state index < -0.39 is 0 Å². The molecule has 4 nitrogen and oxygen atoms in total. The first-order valence-electron chi connectivity index (χ1n) is 6.93. The van der Waals surface area contributed by atoms with Gasteiger partial charge in [0.2, 0.25) is 0 Å². The van der Waals surface area contributed by atoms with Gasteiger partial charge in [-0.25, -0.2) is 4.79 Å². The molecule has 1 aliphatic rings. The van der Waals surface area contributed by atoms with E-state index in [-0.39, 0.29) is 12.1 Å². The van der Waals surface area contributed by atoms with Crippen LogP contribution in [0.5, 0.6) is 5.75 Å². The summed E-state index contributed by atoms with van der Waals surface area (Å²) in [5.41, 5.74) is 6.75. The number of benzene rings is 1. The van der Waals surface area contributed by atoms with Crippen molar-refractivity contribution in [2.45, 2.75) is 45.1 Å². The molecule has 4 heteroatoms. The van der Waals surface area contributed by atoms with Crippen molar-refractivity contribution >= 4 is 11.7 Å². The summed E-state index contributed by atoms with van der Waals surface area (Å²) in [7, 11) is 0. The first kappa shape index (κ1) is 13.7. The lowest BCUT2D eigenvalue weighted by Gasteiger charge is -2.22. The van der Waals surface area contributed by atoms with Crippen molar-refractivity contribution < 1.29 is 14.3 Å². The van der Waals surface area contributed by atoms with E-state index in [2.05, 4.69) is 0 Å². The summed E-state index contributed by atoms with van der Waals surface area (Å²) in [6.07, 6.45) is 5.50. The van der Waals surface area contributed by atoms with E-state index in [1.165, 1.54) is 6.42 Å². The highest BCUT2D eigenvalue weighted by molar-refractivity contribution is 5.91. The summed E-state index contributed by atoms with van der Waals surface area (Å²) < 4.78 is 10.9.